The summed E-state index contributed by atoms with van der Waals surface area (Å²) in [5, 5.41) is 5.60. The summed E-state index contributed by atoms with van der Waals surface area (Å²) in [5.74, 6) is -0.656. The Morgan fingerprint density at radius 1 is 1.29 bits per heavy atom. The standard InChI is InChI=1S/C13H19F2N3O2S/c1-3-21(19,20)7-6-17-13(16-2)18-9-10-8-11(14)4-5-12(10)15/h4-5,8H,3,6-7,9H2,1-2H3,(H2,16,17,18). The highest BCUT2D eigenvalue weighted by molar-refractivity contribution is 7.91. The molecule has 1 rings (SSSR count). The van der Waals surface area contributed by atoms with Gasteiger partial charge in [-0.3, -0.25) is 4.99 Å². The van der Waals surface area contributed by atoms with Crippen LogP contribution in [0.15, 0.2) is 23.2 Å². The Hall–Kier alpha value is -1.70. The van der Waals surface area contributed by atoms with Gasteiger partial charge in [0.2, 0.25) is 0 Å². The Morgan fingerprint density at radius 3 is 2.62 bits per heavy atom. The molecule has 0 aliphatic heterocycles. The summed E-state index contributed by atoms with van der Waals surface area (Å²) in [7, 11) is -1.55. The van der Waals surface area contributed by atoms with Gasteiger partial charge in [0.1, 0.15) is 11.6 Å². The maximum absolute atomic E-state index is 13.4. The molecule has 0 fully saturated rings. The molecule has 0 aliphatic rings. The molecule has 0 saturated carbocycles. The number of sulfone groups is 1. The monoisotopic (exact) mass is 319 g/mol. The van der Waals surface area contributed by atoms with Gasteiger partial charge < -0.3 is 10.6 Å². The normalized spacial score (nSPS) is 12.3. The molecule has 0 bridgehead atoms. The second-order valence-corrected chi connectivity index (χ2v) is 6.80. The quantitative estimate of drug-likeness (QED) is 0.608. The van der Waals surface area contributed by atoms with Gasteiger partial charge in [0.25, 0.3) is 0 Å². The smallest absolute Gasteiger partial charge is 0.191 e. The van der Waals surface area contributed by atoms with Crippen LogP contribution in [-0.4, -0.2) is 39.5 Å². The van der Waals surface area contributed by atoms with E-state index in [9.17, 15) is 17.2 Å². The summed E-state index contributed by atoms with van der Waals surface area (Å²) < 4.78 is 49.1. The van der Waals surface area contributed by atoms with E-state index in [0.29, 0.717) is 5.96 Å². The van der Waals surface area contributed by atoms with E-state index in [0.717, 1.165) is 18.2 Å². The van der Waals surface area contributed by atoms with Gasteiger partial charge in [-0.2, -0.15) is 0 Å². The van der Waals surface area contributed by atoms with E-state index in [4.69, 9.17) is 0 Å². The third-order valence-electron chi connectivity index (χ3n) is 2.82. The Bertz CT molecular complexity index is 603. The molecule has 1 aromatic carbocycles. The highest BCUT2D eigenvalue weighted by Crippen LogP contribution is 2.08. The number of nitrogens with one attached hydrogen (secondary N) is 2. The molecule has 5 nitrogen and oxygen atoms in total. The fourth-order valence-corrected chi connectivity index (χ4v) is 2.25. The van der Waals surface area contributed by atoms with Crippen LogP contribution >= 0.6 is 0 Å². The highest BCUT2D eigenvalue weighted by atomic mass is 32.2. The lowest BCUT2D eigenvalue weighted by Crippen LogP contribution is -2.39. The molecule has 118 valence electrons. The summed E-state index contributed by atoms with van der Waals surface area (Å²) in [6.07, 6.45) is 0. The zero-order valence-electron chi connectivity index (χ0n) is 12.0. The van der Waals surface area contributed by atoms with Crippen molar-refractivity contribution in [2.45, 2.75) is 13.5 Å². The zero-order chi connectivity index (χ0) is 15.9. The first-order valence-electron chi connectivity index (χ1n) is 6.47. The van der Waals surface area contributed by atoms with Gasteiger partial charge in [-0.1, -0.05) is 6.92 Å². The number of halogens is 2. The van der Waals surface area contributed by atoms with Crippen molar-refractivity contribution in [3.63, 3.8) is 0 Å². The molecule has 2 N–H and O–H groups in total. The lowest BCUT2D eigenvalue weighted by Gasteiger charge is -2.12. The number of aliphatic imine (C=N–C) groups is 1. The molecule has 0 amide bonds. The minimum atomic E-state index is -3.06. The third kappa shape index (κ3) is 6.07. The SMILES string of the molecule is CCS(=O)(=O)CCNC(=NC)NCc1cc(F)ccc1F. The molecular weight excluding hydrogens is 300 g/mol. The van der Waals surface area contributed by atoms with E-state index in [2.05, 4.69) is 15.6 Å². The highest BCUT2D eigenvalue weighted by Gasteiger charge is 2.08. The second kappa shape index (κ2) is 7.92. The van der Waals surface area contributed by atoms with E-state index in [1.54, 1.807) is 6.92 Å². The molecule has 0 spiro atoms. The van der Waals surface area contributed by atoms with Crippen molar-refractivity contribution in [2.24, 2.45) is 4.99 Å². The molecule has 0 radical (unpaired) electrons. The number of hydrogen-bond donors (Lipinski definition) is 2. The van der Waals surface area contributed by atoms with E-state index in [-0.39, 0.29) is 30.2 Å². The summed E-state index contributed by atoms with van der Waals surface area (Å²) in [4.78, 5) is 3.88. The molecule has 0 heterocycles. The van der Waals surface area contributed by atoms with Crippen LogP contribution in [0.25, 0.3) is 0 Å². The molecule has 8 heteroatoms. The molecule has 0 aliphatic carbocycles. The maximum Gasteiger partial charge on any atom is 0.191 e. The van der Waals surface area contributed by atoms with E-state index in [1.807, 2.05) is 0 Å². The molecular formula is C13H19F2N3O2S. The first kappa shape index (κ1) is 17.4. The largest absolute Gasteiger partial charge is 0.355 e. The number of benzene rings is 1. The van der Waals surface area contributed by atoms with Crippen molar-refractivity contribution in [1.82, 2.24) is 10.6 Å². The van der Waals surface area contributed by atoms with Crippen LogP contribution in [0.4, 0.5) is 8.78 Å². The number of guanidine groups is 1. The van der Waals surface area contributed by atoms with Gasteiger partial charge in [-0.25, -0.2) is 17.2 Å². The summed E-state index contributed by atoms with van der Waals surface area (Å²) in [5.41, 5.74) is 0.166. The average Bonchev–Trinajstić information content (AvgIpc) is 2.45. The van der Waals surface area contributed by atoms with Crippen molar-refractivity contribution in [2.75, 3.05) is 25.1 Å². The molecule has 0 saturated heterocycles. The Morgan fingerprint density at radius 2 is 2.00 bits per heavy atom. The van der Waals surface area contributed by atoms with Gasteiger partial charge in [-0.05, 0) is 18.2 Å². The van der Waals surface area contributed by atoms with Crippen LogP contribution in [0.3, 0.4) is 0 Å². The van der Waals surface area contributed by atoms with Crippen molar-refractivity contribution in [3.8, 4) is 0 Å². The summed E-state index contributed by atoms with van der Waals surface area (Å²) in [6.45, 7) is 1.82. The van der Waals surface area contributed by atoms with E-state index in [1.165, 1.54) is 7.05 Å². The van der Waals surface area contributed by atoms with Crippen molar-refractivity contribution >= 4 is 15.8 Å². The van der Waals surface area contributed by atoms with Crippen molar-refractivity contribution in [3.05, 3.63) is 35.4 Å². The number of rotatable bonds is 6. The van der Waals surface area contributed by atoms with Crippen LogP contribution in [0.5, 0.6) is 0 Å². The fraction of sp³-hybridized carbons (Fsp3) is 0.462. The van der Waals surface area contributed by atoms with Crippen LogP contribution < -0.4 is 10.6 Å². The first-order chi connectivity index (χ1) is 9.88. The topological polar surface area (TPSA) is 70.6 Å². The van der Waals surface area contributed by atoms with Crippen LogP contribution in [0.2, 0.25) is 0 Å². The van der Waals surface area contributed by atoms with Crippen molar-refractivity contribution in [1.29, 1.82) is 0 Å². The van der Waals surface area contributed by atoms with Crippen LogP contribution in [-0.2, 0) is 16.4 Å². The third-order valence-corrected chi connectivity index (χ3v) is 4.53. The van der Waals surface area contributed by atoms with E-state index >= 15 is 0 Å². The maximum atomic E-state index is 13.4. The predicted octanol–water partition coefficient (Wildman–Crippen LogP) is 1.06. The second-order valence-electron chi connectivity index (χ2n) is 4.32. The number of hydrogen-bond acceptors (Lipinski definition) is 3. The zero-order valence-corrected chi connectivity index (χ0v) is 12.8. The lowest BCUT2D eigenvalue weighted by molar-refractivity contribution is 0.581. The molecule has 1 aromatic rings. The molecule has 21 heavy (non-hydrogen) atoms. The van der Waals surface area contributed by atoms with Crippen LogP contribution in [0, 0.1) is 11.6 Å². The van der Waals surface area contributed by atoms with E-state index < -0.39 is 21.5 Å². The lowest BCUT2D eigenvalue weighted by atomic mass is 10.2. The van der Waals surface area contributed by atoms with Gasteiger partial charge in [0, 0.05) is 31.5 Å². The van der Waals surface area contributed by atoms with Crippen LogP contribution in [0.1, 0.15) is 12.5 Å². The summed E-state index contributed by atoms with van der Waals surface area (Å²) in [6, 6.07) is 3.19. The molecule has 0 atom stereocenters. The van der Waals surface area contributed by atoms with Gasteiger partial charge in [-0.15, -0.1) is 0 Å². The predicted molar refractivity (Wildman–Crippen MR) is 78.9 cm³/mol. The Kier molecular flexibility index (Phi) is 6.54. The minimum Gasteiger partial charge on any atom is -0.355 e. The summed E-state index contributed by atoms with van der Waals surface area (Å²) >= 11 is 0. The number of nitrogens with zero attached hydrogens (tertiary/aromatic N) is 1. The fourth-order valence-electron chi connectivity index (χ4n) is 1.55. The molecule has 0 aromatic heterocycles. The molecule has 0 unspecified atom stereocenters. The first-order valence-corrected chi connectivity index (χ1v) is 8.29. The Balaban J connectivity index is 2.50. The average molecular weight is 319 g/mol. The van der Waals surface area contributed by atoms with Gasteiger partial charge in [0.15, 0.2) is 15.8 Å². The Labute approximate surface area is 123 Å². The van der Waals surface area contributed by atoms with Gasteiger partial charge >= 0.3 is 0 Å². The van der Waals surface area contributed by atoms with Gasteiger partial charge in [0.05, 0.1) is 5.75 Å². The van der Waals surface area contributed by atoms with Crippen molar-refractivity contribution < 1.29 is 17.2 Å². The minimum absolute atomic E-state index is 0.0154.